The molecule has 0 spiro atoms. The van der Waals surface area contributed by atoms with Gasteiger partial charge in [0, 0.05) is 13.6 Å². The fourth-order valence-corrected chi connectivity index (χ4v) is 2.77. The van der Waals surface area contributed by atoms with E-state index in [4.69, 9.17) is 0 Å². The summed E-state index contributed by atoms with van der Waals surface area (Å²) in [4.78, 5) is 14.4. The predicted molar refractivity (Wildman–Crippen MR) is 85.2 cm³/mol. The molecule has 0 aromatic heterocycles. The lowest BCUT2D eigenvalue weighted by molar-refractivity contribution is -0.137. The Hall–Kier alpha value is -1.06. The summed E-state index contributed by atoms with van der Waals surface area (Å²) >= 11 is 0. The Morgan fingerprint density at radius 1 is 1.35 bits per heavy atom. The first-order valence-electron chi connectivity index (χ1n) is 7.08. The topological polar surface area (TPSA) is 32.3 Å². The third-order valence-electron chi connectivity index (χ3n) is 4.11. The van der Waals surface area contributed by atoms with Crippen molar-refractivity contribution < 1.29 is 4.79 Å². The monoisotopic (exact) mass is 296 g/mol. The second-order valence-electron chi connectivity index (χ2n) is 5.80. The molecule has 3 nitrogen and oxygen atoms in total. The van der Waals surface area contributed by atoms with Crippen LogP contribution in [0.25, 0.3) is 0 Å². The van der Waals surface area contributed by atoms with Gasteiger partial charge in [0.1, 0.15) is 0 Å². The zero-order valence-corrected chi connectivity index (χ0v) is 13.4. The van der Waals surface area contributed by atoms with Crippen LogP contribution in [0.4, 0.5) is 0 Å². The molecule has 1 unspecified atom stereocenters. The maximum Gasteiger partial charge on any atom is 0.242 e. The number of carbonyl (C=O) groups is 1. The summed E-state index contributed by atoms with van der Waals surface area (Å²) < 4.78 is 0. The number of halogens is 1. The normalized spacial score (nSPS) is 21.9. The summed E-state index contributed by atoms with van der Waals surface area (Å²) in [5.41, 5.74) is 2.08. The molecule has 0 radical (unpaired) electrons. The van der Waals surface area contributed by atoms with Crippen LogP contribution in [0.5, 0.6) is 0 Å². The SMILES string of the molecule is Cc1ccccc1CN(C)C(=O)C1(C)CCCCN1.Cl. The van der Waals surface area contributed by atoms with Crippen molar-refractivity contribution in [3.63, 3.8) is 0 Å². The van der Waals surface area contributed by atoms with Gasteiger partial charge in [0.05, 0.1) is 5.54 Å². The first-order chi connectivity index (χ1) is 9.03. The third-order valence-corrected chi connectivity index (χ3v) is 4.11. The number of piperidine rings is 1. The lowest BCUT2D eigenvalue weighted by Gasteiger charge is -2.36. The number of likely N-dealkylation sites (N-methyl/N-ethyl adjacent to an activating group) is 1. The molecule has 1 atom stereocenters. The molecule has 0 aliphatic carbocycles. The fourth-order valence-electron chi connectivity index (χ4n) is 2.77. The van der Waals surface area contributed by atoms with E-state index in [-0.39, 0.29) is 23.9 Å². The molecule has 0 saturated carbocycles. The predicted octanol–water partition coefficient (Wildman–Crippen LogP) is 2.91. The second-order valence-corrected chi connectivity index (χ2v) is 5.80. The molecule has 1 N–H and O–H groups in total. The van der Waals surface area contributed by atoms with E-state index in [9.17, 15) is 4.79 Å². The Morgan fingerprint density at radius 2 is 2.05 bits per heavy atom. The largest absolute Gasteiger partial charge is 0.340 e. The molecule has 1 amide bonds. The van der Waals surface area contributed by atoms with Crippen molar-refractivity contribution in [3.05, 3.63) is 35.4 Å². The van der Waals surface area contributed by atoms with Gasteiger partial charge in [0.15, 0.2) is 0 Å². The van der Waals surface area contributed by atoms with Crippen LogP contribution in [-0.2, 0) is 11.3 Å². The Kier molecular flexibility index (Phi) is 6.03. The summed E-state index contributed by atoms with van der Waals surface area (Å²) in [6, 6.07) is 8.25. The second kappa shape index (κ2) is 7.09. The zero-order chi connectivity index (χ0) is 13.9. The van der Waals surface area contributed by atoms with Crippen molar-refractivity contribution >= 4 is 18.3 Å². The molecule has 0 bridgehead atoms. The summed E-state index contributed by atoms with van der Waals surface area (Å²) in [6.45, 7) is 5.75. The number of amides is 1. The minimum Gasteiger partial charge on any atom is -0.340 e. The van der Waals surface area contributed by atoms with E-state index in [0.717, 1.165) is 19.4 Å². The first-order valence-corrected chi connectivity index (χ1v) is 7.08. The average molecular weight is 297 g/mol. The van der Waals surface area contributed by atoms with E-state index in [2.05, 4.69) is 24.4 Å². The van der Waals surface area contributed by atoms with E-state index in [1.54, 1.807) is 0 Å². The van der Waals surface area contributed by atoms with Gasteiger partial charge in [-0.1, -0.05) is 24.3 Å². The van der Waals surface area contributed by atoms with E-state index in [0.29, 0.717) is 6.54 Å². The molecule has 1 fully saturated rings. The van der Waals surface area contributed by atoms with Gasteiger partial charge >= 0.3 is 0 Å². The molecule has 1 aromatic carbocycles. The number of nitrogens with one attached hydrogen (secondary N) is 1. The third kappa shape index (κ3) is 3.74. The highest BCUT2D eigenvalue weighted by atomic mass is 35.5. The highest BCUT2D eigenvalue weighted by molar-refractivity contribution is 5.86. The summed E-state index contributed by atoms with van der Waals surface area (Å²) in [5.74, 6) is 0.204. The van der Waals surface area contributed by atoms with Crippen molar-refractivity contribution in [3.8, 4) is 0 Å². The van der Waals surface area contributed by atoms with Crippen LogP contribution in [0.3, 0.4) is 0 Å². The van der Waals surface area contributed by atoms with Crippen molar-refractivity contribution in [2.45, 2.75) is 45.2 Å². The van der Waals surface area contributed by atoms with Crippen LogP contribution in [0.2, 0.25) is 0 Å². The van der Waals surface area contributed by atoms with Crippen LogP contribution in [-0.4, -0.2) is 29.9 Å². The minimum atomic E-state index is -0.379. The Balaban J connectivity index is 0.00000200. The molecule has 1 aliphatic rings. The molecular weight excluding hydrogens is 272 g/mol. The van der Waals surface area contributed by atoms with Gasteiger partial charge in [-0.25, -0.2) is 0 Å². The van der Waals surface area contributed by atoms with Crippen LogP contribution < -0.4 is 5.32 Å². The van der Waals surface area contributed by atoms with Crippen molar-refractivity contribution in [2.24, 2.45) is 0 Å². The minimum absolute atomic E-state index is 0. The molecule has 1 heterocycles. The molecule has 1 saturated heterocycles. The molecule has 1 aliphatic heterocycles. The van der Waals surface area contributed by atoms with Crippen LogP contribution >= 0.6 is 12.4 Å². The zero-order valence-electron chi connectivity index (χ0n) is 12.6. The van der Waals surface area contributed by atoms with Gasteiger partial charge in [0.2, 0.25) is 5.91 Å². The molecular formula is C16H25ClN2O. The number of rotatable bonds is 3. The Morgan fingerprint density at radius 3 is 2.65 bits per heavy atom. The number of hydrogen-bond acceptors (Lipinski definition) is 2. The molecule has 1 aromatic rings. The lowest BCUT2D eigenvalue weighted by atomic mass is 9.89. The van der Waals surface area contributed by atoms with Gasteiger partial charge in [-0.15, -0.1) is 12.4 Å². The molecule has 2 rings (SSSR count). The summed E-state index contributed by atoms with van der Waals surface area (Å²) in [5, 5.41) is 3.39. The van der Waals surface area contributed by atoms with Crippen LogP contribution in [0, 0.1) is 6.92 Å². The van der Waals surface area contributed by atoms with Gasteiger partial charge in [-0.2, -0.15) is 0 Å². The van der Waals surface area contributed by atoms with Gasteiger partial charge in [0.25, 0.3) is 0 Å². The highest BCUT2D eigenvalue weighted by Gasteiger charge is 2.36. The van der Waals surface area contributed by atoms with Gasteiger partial charge in [-0.3, -0.25) is 4.79 Å². The standard InChI is InChI=1S/C16H24N2O.ClH/c1-13-8-4-5-9-14(13)12-18(3)15(19)16(2)10-6-7-11-17-16;/h4-5,8-9,17H,6-7,10-12H2,1-3H3;1H. The summed E-state index contributed by atoms with van der Waals surface area (Å²) in [6.07, 6.45) is 3.24. The number of benzene rings is 1. The van der Waals surface area contributed by atoms with Crippen LogP contribution in [0.15, 0.2) is 24.3 Å². The van der Waals surface area contributed by atoms with E-state index in [1.165, 1.54) is 17.5 Å². The first kappa shape index (κ1) is 17.0. The lowest BCUT2D eigenvalue weighted by Crippen LogP contribution is -2.57. The van der Waals surface area contributed by atoms with E-state index >= 15 is 0 Å². The van der Waals surface area contributed by atoms with Crippen molar-refractivity contribution in [1.82, 2.24) is 10.2 Å². The van der Waals surface area contributed by atoms with Gasteiger partial charge in [-0.05, 0) is 50.8 Å². The maximum absolute atomic E-state index is 12.6. The Labute approximate surface area is 128 Å². The quantitative estimate of drug-likeness (QED) is 0.930. The number of hydrogen-bond donors (Lipinski definition) is 1. The maximum atomic E-state index is 12.6. The Bertz CT molecular complexity index is 456. The van der Waals surface area contributed by atoms with Crippen LogP contribution in [0.1, 0.15) is 37.3 Å². The molecule has 112 valence electrons. The van der Waals surface area contributed by atoms with Gasteiger partial charge < -0.3 is 10.2 Å². The average Bonchev–Trinajstić information content (AvgIpc) is 2.41. The van der Waals surface area contributed by atoms with E-state index < -0.39 is 0 Å². The summed E-state index contributed by atoms with van der Waals surface area (Å²) in [7, 11) is 1.90. The van der Waals surface area contributed by atoms with E-state index in [1.807, 2.05) is 31.0 Å². The molecule has 20 heavy (non-hydrogen) atoms. The number of carbonyl (C=O) groups excluding carboxylic acids is 1. The molecule has 4 heteroatoms. The smallest absolute Gasteiger partial charge is 0.242 e. The van der Waals surface area contributed by atoms with Crippen molar-refractivity contribution in [2.75, 3.05) is 13.6 Å². The highest BCUT2D eigenvalue weighted by Crippen LogP contribution is 2.22. The number of nitrogens with zero attached hydrogens (tertiary/aromatic N) is 1. The van der Waals surface area contributed by atoms with Crippen molar-refractivity contribution in [1.29, 1.82) is 0 Å². The fraction of sp³-hybridized carbons (Fsp3) is 0.562. The number of aryl methyl sites for hydroxylation is 1.